The lowest BCUT2D eigenvalue weighted by Gasteiger charge is -2.34. The van der Waals surface area contributed by atoms with Crippen molar-refractivity contribution in [1.29, 1.82) is 0 Å². The Hall–Kier alpha value is -3.48. The van der Waals surface area contributed by atoms with Crippen molar-refractivity contribution in [2.24, 2.45) is 10.9 Å². The Bertz CT molecular complexity index is 1200. The predicted octanol–water partition coefficient (Wildman–Crippen LogP) is 0.251. The normalized spacial score (nSPS) is 21.1. The smallest absolute Gasteiger partial charge is 0.259 e. The lowest BCUT2D eigenvalue weighted by atomic mass is 10.1. The topological polar surface area (TPSA) is 155 Å². The highest BCUT2D eigenvalue weighted by Gasteiger charge is 2.39. The molecular weight excluding hydrogens is 462 g/mol. The summed E-state index contributed by atoms with van der Waals surface area (Å²) in [6.45, 7) is 0.675. The monoisotopic (exact) mass is 487 g/mol. The molecule has 2 saturated heterocycles. The summed E-state index contributed by atoms with van der Waals surface area (Å²) in [4.78, 5) is 27.1. The number of nitrogens with zero attached hydrogens (tertiary/aromatic N) is 3. The third-order valence-corrected chi connectivity index (χ3v) is 7.48. The van der Waals surface area contributed by atoms with E-state index in [1.54, 1.807) is 48.5 Å². The van der Waals surface area contributed by atoms with Crippen LogP contribution >= 0.6 is 0 Å². The number of benzene rings is 2. The molecule has 12 heteroatoms. The Balaban J connectivity index is 1.47. The van der Waals surface area contributed by atoms with Crippen LogP contribution in [-0.4, -0.2) is 69.2 Å². The Morgan fingerprint density at radius 1 is 1.21 bits per heavy atom. The highest BCUT2D eigenvalue weighted by atomic mass is 32.2. The van der Waals surface area contributed by atoms with E-state index in [0.29, 0.717) is 30.0 Å². The largest absolute Gasteiger partial charge is 0.380 e. The van der Waals surface area contributed by atoms with Crippen molar-refractivity contribution >= 4 is 45.1 Å². The fourth-order valence-corrected chi connectivity index (χ4v) is 5.48. The van der Waals surface area contributed by atoms with Crippen LogP contribution in [0.25, 0.3) is 0 Å². The van der Waals surface area contributed by atoms with Crippen LogP contribution in [0.3, 0.4) is 0 Å². The van der Waals surface area contributed by atoms with Crippen molar-refractivity contribution in [2.45, 2.75) is 18.6 Å². The maximum atomic E-state index is 13.1. The summed E-state index contributed by atoms with van der Waals surface area (Å²) in [7, 11) is -3.37. The summed E-state index contributed by atoms with van der Waals surface area (Å²) < 4.78 is 31.3. The van der Waals surface area contributed by atoms with Gasteiger partial charge in [-0.05, 0) is 42.3 Å². The molecule has 11 nitrogen and oxygen atoms in total. The fourth-order valence-electron chi connectivity index (χ4n) is 3.93. The van der Waals surface area contributed by atoms with Gasteiger partial charge in [0.2, 0.25) is 10.0 Å². The summed E-state index contributed by atoms with van der Waals surface area (Å²) >= 11 is 0. The molecule has 0 spiro atoms. The van der Waals surface area contributed by atoms with E-state index < -0.39 is 34.0 Å². The van der Waals surface area contributed by atoms with Crippen molar-refractivity contribution in [3.05, 3.63) is 54.1 Å². The van der Waals surface area contributed by atoms with Gasteiger partial charge in [-0.3, -0.25) is 13.9 Å². The summed E-state index contributed by atoms with van der Waals surface area (Å²) in [6.07, 6.45) is -1.17. The second kappa shape index (κ2) is 9.79. The third kappa shape index (κ3) is 4.88. The average Bonchev–Trinajstić information content (AvgIpc) is 3.19. The van der Waals surface area contributed by atoms with Gasteiger partial charge in [0, 0.05) is 24.5 Å². The number of nitrogens with two attached hydrogens (primary N) is 1. The van der Waals surface area contributed by atoms with Gasteiger partial charge >= 0.3 is 0 Å². The highest BCUT2D eigenvalue weighted by molar-refractivity contribution is 7.93. The van der Waals surface area contributed by atoms with Gasteiger partial charge in [-0.1, -0.05) is 18.2 Å². The number of carbonyl (C=O) groups excluding carboxylic acids is 2. The third-order valence-electron chi connectivity index (χ3n) is 5.61. The van der Waals surface area contributed by atoms with E-state index in [2.05, 4.69) is 10.4 Å². The molecule has 2 aliphatic rings. The van der Waals surface area contributed by atoms with E-state index in [0.717, 1.165) is 5.56 Å². The summed E-state index contributed by atoms with van der Waals surface area (Å²) in [5.41, 5.74) is 2.07. The molecule has 180 valence electrons. The van der Waals surface area contributed by atoms with Gasteiger partial charge in [0.25, 0.3) is 11.8 Å². The van der Waals surface area contributed by atoms with Crippen LogP contribution in [0.1, 0.15) is 12.0 Å². The zero-order valence-corrected chi connectivity index (χ0v) is 19.0. The second-order valence-corrected chi connectivity index (χ2v) is 9.89. The number of aliphatic hydroxyl groups excluding tert-OH is 1. The van der Waals surface area contributed by atoms with Gasteiger partial charge < -0.3 is 25.9 Å². The number of hydrazone groups is 1. The molecule has 2 aliphatic heterocycles. The Kier molecular flexibility index (Phi) is 6.82. The first kappa shape index (κ1) is 23.7. The highest BCUT2D eigenvalue weighted by Crippen LogP contribution is 2.29. The number of morpholine rings is 1. The van der Waals surface area contributed by atoms with Crippen molar-refractivity contribution in [2.75, 3.05) is 40.0 Å². The number of sulfonamides is 1. The summed E-state index contributed by atoms with van der Waals surface area (Å²) in [6, 6.07) is 13.2. The zero-order chi connectivity index (χ0) is 24.3. The van der Waals surface area contributed by atoms with Crippen LogP contribution < -0.4 is 20.4 Å². The fraction of sp³-hybridized carbons (Fsp3) is 0.318. The van der Waals surface area contributed by atoms with Gasteiger partial charge in [-0.25, -0.2) is 8.42 Å². The van der Waals surface area contributed by atoms with Crippen LogP contribution in [0.2, 0.25) is 0 Å². The molecule has 0 aliphatic carbocycles. The molecule has 0 unspecified atom stereocenters. The van der Waals surface area contributed by atoms with Crippen LogP contribution in [0.15, 0.2) is 53.6 Å². The number of ether oxygens (including phenoxy) is 1. The Morgan fingerprint density at radius 3 is 2.62 bits per heavy atom. The molecule has 0 saturated carbocycles. The number of hydrogen-bond donors (Lipinski definition) is 3. The van der Waals surface area contributed by atoms with E-state index in [-0.39, 0.29) is 18.9 Å². The van der Waals surface area contributed by atoms with Gasteiger partial charge in [-0.2, -0.15) is 5.10 Å². The number of anilines is 3. The van der Waals surface area contributed by atoms with Gasteiger partial charge in [0.05, 0.1) is 24.3 Å². The van der Waals surface area contributed by atoms with E-state index >= 15 is 0 Å². The molecule has 4 rings (SSSR count). The number of amides is 2. The van der Waals surface area contributed by atoms with Crippen LogP contribution in [0.4, 0.5) is 17.1 Å². The van der Waals surface area contributed by atoms with Crippen LogP contribution in [0.5, 0.6) is 0 Å². The predicted molar refractivity (Wildman–Crippen MR) is 127 cm³/mol. The molecule has 0 bridgehead atoms. The van der Waals surface area contributed by atoms with Gasteiger partial charge in [0.15, 0.2) is 12.2 Å². The van der Waals surface area contributed by atoms with Crippen molar-refractivity contribution in [1.82, 2.24) is 0 Å². The second-order valence-electron chi connectivity index (χ2n) is 7.88. The minimum Gasteiger partial charge on any atom is -0.380 e. The zero-order valence-electron chi connectivity index (χ0n) is 18.2. The lowest BCUT2D eigenvalue weighted by Crippen LogP contribution is -2.55. The number of aliphatic hydroxyl groups is 1. The van der Waals surface area contributed by atoms with E-state index in [1.807, 2.05) is 0 Å². The number of carbonyl (C=O) groups is 2. The van der Waals surface area contributed by atoms with Crippen molar-refractivity contribution < 1.29 is 27.9 Å². The first-order valence-corrected chi connectivity index (χ1v) is 12.3. The molecule has 0 aromatic heterocycles. The molecule has 2 aromatic rings. The SMILES string of the molecule is NN=Cc1ccc(NC(=O)[C@H](O)[C@H]2OCCN(c3cccc(N4CCCS4(=O)=O)c3)C2=O)cc1. The van der Waals surface area contributed by atoms with E-state index in [4.69, 9.17) is 10.6 Å². The maximum absolute atomic E-state index is 13.1. The number of rotatable bonds is 6. The molecule has 2 fully saturated rings. The average molecular weight is 488 g/mol. The molecule has 34 heavy (non-hydrogen) atoms. The van der Waals surface area contributed by atoms with Crippen LogP contribution in [-0.2, 0) is 24.3 Å². The van der Waals surface area contributed by atoms with Gasteiger partial charge in [0.1, 0.15) is 0 Å². The minimum atomic E-state index is -3.37. The van der Waals surface area contributed by atoms with Crippen molar-refractivity contribution in [3.63, 3.8) is 0 Å². The molecule has 4 N–H and O–H groups in total. The minimum absolute atomic E-state index is 0.0838. The van der Waals surface area contributed by atoms with Crippen LogP contribution in [0, 0.1) is 0 Å². The summed E-state index contributed by atoms with van der Waals surface area (Å²) in [5.74, 6) is 3.80. The lowest BCUT2D eigenvalue weighted by molar-refractivity contribution is -0.150. The number of hydrogen-bond acceptors (Lipinski definition) is 8. The first-order chi connectivity index (χ1) is 16.3. The quantitative estimate of drug-likeness (QED) is 0.300. The maximum Gasteiger partial charge on any atom is 0.259 e. The van der Waals surface area contributed by atoms with Crippen molar-refractivity contribution in [3.8, 4) is 0 Å². The molecule has 2 heterocycles. The van der Waals surface area contributed by atoms with E-state index in [1.165, 1.54) is 15.4 Å². The molecule has 2 aromatic carbocycles. The Labute approximate surface area is 196 Å². The molecule has 2 amide bonds. The summed E-state index contributed by atoms with van der Waals surface area (Å²) in [5, 5.41) is 16.5. The van der Waals surface area contributed by atoms with Gasteiger partial charge in [-0.15, -0.1) is 0 Å². The first-order valence-electron chi connectivity index (χ1n) is 10.7. The standard InChI is InChI=1S/C22H25N5O6S/c23-24-14-15-5-7-16(8-6-15)25-21(29)19(28)20-22(30)26(10-11-33-20)17-3-1-4-18(13-17)27-9-2-12-34(27,31)32/h1,3-8,13-14,19-20,28H,2,9-12,23H2,(H,25,29)/t19-,20-/m1/s1. The Morgan fingerprint density at radius 2 is 1.94 bits per heavy atom. The van der Waals surface area contributed by atoms with E-state index in [9.17, 15) is 23.1 Å². The molecule has 0 radical (unpaired) electrons. The molecular formula is C22H25N5O6S. The molecule has 2 atom stereocenters. The number of nitrogens with one attached hydrogen (secondary N) is 1.